The lowest BCUT2D eigenvalue weighted by atomic mass is 10.2. The van der Waals surface area contributed by atoms with E-state index in [-0.39, 0.29) is 5.56 Å². The van der Waals surface area contributed by atoms with Gasteiger partial charge in [-0.3, -0.25) is 14.2 Å². The van der Waals surface area contributed by atoms with Crippen LogP contribution in [-0.2, 0) is 27.7 Å². The van der Waals surface area contributed by atoms with Crippen LogP contribution in [0.25, 0.3) is 0 Å². The first kappa shape index (κ1) is 17.3. The summed E-state index contributed by atoms with van der Waals surface area (Å²) in [6.07, 6.45) is 4.89. The topological polar surface area (TPSA) is 91.8 Å². The molecule has 9 nitrogen and oxygen atoms in total. The smallest absolute Gasteiger partial charge is 0.290 e. The van der Waals surface area contributed by atoms with Crippen LogP contribution in [0.1, 0.15) is 23.7 Å². The third-order valence-corrected chi connectivity index (χ3v) is 4.75. The molecule has 1 aliphatic rings. The number of aromatic nitrogens is 6. The van der Waals surface area contributed by atoms with Crippen molar-refractivity contribution in [2.24, 2.45) is 27.1 Å². The molecule has 0 bridgehead atoms. The molecule has 2 atom stereocenters. The monoisotopic (exact) mass is 369 g/mol. The number of rotatable bonds is 7. The molecule has 0 aromatic carbocycles. The standard InChI is InChI=1S/C18H23N7O2/c1-23-6-4-13(20-23)10-19-16-9-17(22-25(3)18(16)26)27-11-12-8-14(12)15-5-7-24(2)21-15/h4-7,9,12,14,19H,8,10-11H2,1-3H3. The van der Waals surface area contributed by atoms with E-state index < -0.39 is 0 Å². The average molecular weight is 369 g/mol. The second-order valence-corrected chi connectivity index (χ2v) is 6.99. The Hall–Kier alpha value is -3.10. The number of nitrogens with one attached hydrogen (secondary N) is 1. The van der Waals surface area contributed by atoms with E-state index in [0.29, 0.717) is 36.6 Å². The molecule has 0 saturated heterocycles. The maximum atomic E-state index is 12.3. The summed E-state index contributed by atoms with van der Waals surface area (Å²) in [5.41, 5.74) is 2.22. The lowest BCUT2D eigenvalue weighted by molar-refractivity contribution is 0.278. The van der Waals surface area contributed by atoms with Crippen molar-refractivity contribution in [1.82, 2.24) is 29.3 Å². The van der Waals surface area contributed by atoms with Crippen LogP contribution in [0.3, 0.4) is 0 Å². The molecule has 1 fully saturated rings. The third kappa shape index (κ3) is 3.86. The number of hydrogen-bond donors (Lipinski definition) is 1. The van der Waals surface area contributed by atoms with Crippen molar-refractivity contribution in [2.45, 2.75) is 18.9 Å². The molecule has 3 heterocycles. The van der Waals surface area contributed by atoms with Gasteiger partial charge in [0.25, 0.3) is 5.56 Å². The Morgan fingerprint density at radius 2 is 1.93 bits per heavy atom. The zero-order valence-electron chi connectivity index (χ0n) is 15.7. The van der Waals surface area contributed by atoms with Gasteiger partial charge in [-0.2, -0.15) is 10.2 Å². The molecule has 1 aliphatic carbocycles. The van der Waals surface area contributed by atoms with Gasteiger partial charge in [0.15, 0.2) is 0 Å². The maximum absolute atomic E-state index is 12.3. The highest BCUT2D eigenvalue weighted by molar-refractivity contribution is 5.43. The second-order valence-electron chi connectivity index (χ2n) is 6.99. The summed E-state index contributed by atoms with van der Waals surface area (Å²) < 4.78 is 10.7. The molecule has 27 heavy (non-hydrogen) atoms. The minimum atomic E-state index is -0.198. The van der Waals surface area contributed by atoms with E-state index in [1.807, 2.05) is 37.2 Å². The SMILES string of the molecule is Cn1ccc(CNc2cc(OCC3CC3c3ccn(C)n3)nn(C)c2=O)n1. The van der Waals surface area contributed by atoms with E-state index in [1.54, 1.807) is 17.8 Å². The highest BCUT2D eigenvalue weighted by Crippen LogP contribution is 2.46. The summed E-state index contributed by atoms with van der Waals surface area (Å²) in [7, 11) is 5.40. The molecule has 0 radical (unpaired) electrons. The van der Waals surface area contributed by atoms with Gasteiger partial charge in [-0.1, -0.05) is 0 Å². The summed E-state index contributed by atoms with van der Waals surface area (Å²) >= 11 is 0. The van der Waals surface area contributed by atoms with Crippen molar-refractivity contribution in [3.05, 3.63) is 52.3 Å². The number of ether oxygens (including phenoxy) is 1. The molecule has 3 aromatic heterocycles. The van der Waals surface area contributed by atoms with Crippen molar-refractivity contribution in [2.75, 3.05) is 11.9 Å². The summed E-state index contributed by atoms with van der Waals surface area (Å²) in [4.78, 5) is 12.3. The van der Waals surface area contributed by atoms with Crippen LogP contribution >= 0.6 is 0 Å². The fourth-order valence-corrected chi connectivity index (χ4v) is 3.14. The molecule has 0 aliphatic heterocycles. The summed E-state index contributed by atoms with van der Waals surface area (Å²) in [6.45, 7) is 1.02. The van der Waals surface area contributed by atoms with Gasteiger partial charge in [0.2, 0.25) is 5.88 Å². The molecule has 0 amide bonds. The molecule has 4 rings (SSSR count). The lowest BCUT2D eigenvalue weighted by Crippen LogP contribution is -2.24. The van der Waals surface area contributed by atoms with Gasteiger partial charge < -0.3 is 10.1 Å². The van der Waals surface area contributed by atoms with Gasteiger partial charge in [0.05, 0.1) is 24.5 Å². The van der Waals surface area contributed by atoms with Crippen LogP contribution in [0.4, 0.5) is 5.69 Å². The number of anilines is 1. The van der Waals surface area contributed by atoms with Gasteiger partial charge in [0.1, 0.15) is 5.69 Å². The third-order valence-electron chi connectivity index (χ3n) is 4.75. The van der Waals surface area contributed by atoms with Crippen LogP contribution in [0.5, 0.6) is 5.88 Å². The normalized spacial score (nSPS) is 18.5. The van der Waals surface area contributed by atoms with E-state index in [4.69, 9.17) is 4.74 Å². The minimum Gasteiger partial charge on any atom is -0.476 e. The van der Waals surface area contributed by atoms with Crippen LogP contribution in [0.15, 0.2) is 35.4 Å². The van der Waals surface area contributed by atoms with Gasteiger partial charge >= 0.3 is 0 Å². The Kier molecular flexibility index (Phi) is 4.43. The van der Waals surface area contributed by atoms with E-state index in [2.05, 4.69) is 26.7 Å². The van der Waals surface area contributed by atoms with Crippen molar-refractivity contribution < 1.29 is 4.74 Å². The highest BCUT2D eigenvalue weighted by atomic mass is 16.5. The molecular formula is C18H23N7O2. The van der Waals surface area contributed by atoms with Gasteiger partial charge in [-0.15, -0.1) is 5.10 Å². The number of aryl methyl sites for hydroxylation is 3. The minimum absolute atomic E-state index is 0.198. The summed E-state index contributed by atoms with van der Waals surface area (Å²) in [6, 6.07) is 5.61. The fourth-order valence-electron chi connectivity index (χ4n) is 3.14. The van der Waals surface area contributed by atoms with E-state index in [0.717, 1.165) is 17.8 Å². The lowest BCUT2D eigenvalue weighted by Gasteiger charge is -2.10. The summed E-state index contributed by atoms with van der Waals surface area (Å²) in [5.74, 6) is 1.32. The predicted molar refractivity (Wildman–Crippen MR) is 99.6 cm³/mol. The Balaban J connectivity index is 1.38. The first-order chi connectivity index (χ1) is 13.0. The van der Waals surface area contributed by atoms with E-state index >= 15 is 0 Å². The van der Waals surface area contributed by atoms with E-state index in [1.165, 1.54) is 4.68 Å². The Morgan fingerprint density at radius 3 is 2.63 bits per heavy atom. The van der Waals surface area contributed by atoms with Gasteiger partial charge in [0, 0.05) is 51.4 Å². The molecule has 0 spiro atoms. The van der Waals surface area contributed by atoms with E-state index in [9.17, 15) is 4.79 Å². The van der Waals surface area contributed by atoms with Crippen LogP contribution in [0.2, 0.25) is 0 Å². The molecular weight excluding hydrogens is 346 g/mol. The van der Waals surface area contributed by atoms with Gasteiger partial charge in [-0.25, -0.2) is 4.68 Å². The van der Waals surface area contributed by atoms with Crippen LogP contribution in [-0.4, -0.2) is 35.9 Å². The molecule has 142 valence electrons. The number of hydrogen-bond acceptors (Lipinski definition) is 6. The molecule has 9 heteroatoms. The molecule has 3 aromatic rings. The summed E-state index contributed by atoms with van der Waals surface area (Å²) in [5, 5.41) is 16.1. The maximum Gasteiger partial charge on any atom is 0.290 e. The van der Waals surface area contributed by atoms with Crippen molar-refractivity contribution in [1.29, 1.82) is 0 Å². The molecule has 1 saturated carbocycles. The van der Waals surface area contributed by atoms with Crippen molar-refractivity contribution in [3.8, 4) is 5.88 Å². The largest absolute Gasteiger partial charge is 0.476 e. The highest BCUT2D eigenvalue weighted by Gasteiger charge is 2.40. The Morgan fingerprint density at radius 1 is 1.15 bits per heavy atom. The first-order valence-electron chi connectivity index (χ1n) is 8.92. The van der Waals surface area contributed by atoms with Crippen LogP contribution in [0, 0.1) is 5.92 Å². The van der Waals surface area contributed by atoms with Crippen molar-refractivity contribution in [3.63, 3.8) is 0 Å². The number of nitrogens with zero attached hydrogens (tertiary/aromatic N) is 6. The van der Waals surface area contributed by atoms with Gasteiger partial charge in [-0.05, 0) is 18.6 Å². The molecule has 1 N–H and O–H groups in total. The fraction of sp³-hybridized carbons (Fsp3) is 0.444. The molecule has 2 unspecified atom stereocenters. The Bertz CT molecular complexity index is 1000. The zero-order valence-corrected chi connectivity index (χ0v) is 15.7. The first-order valence-corrected chi connectivity index (χ1v) is 8.92. The zero-order chi connectivity index (χ0) is 19.0. The quantitative estimate of drug-likeness (QED) is 0.669. The van der Waals surface area contributed by atoms with Crippen LogP contribution < -0.4 is 15.6 Å². The Labute approximate surface area is 156 Å². The second kappa shape index (κ2) is 6.90. The van der Waals surface area contributed by atoms with Crippen molar-refractivity contribution >= 4 is 5.69 Å². The average Bonchev–Trinajstić information content (AvgIpc) is 3.09. The predicted octanol–water partition coefficient (Wildman–Crippen LogP) is 1.04.